The number of hydrogen-bond acceptors (Lipinski definition) is 6. The number of benzene rings is 2. The molecule has 0 spiro atoms. The number of para-hydroxylation sites is 1. The first-order valence-electron chi connectivity index (χ1n) is 9.97. The SMILES string of the molecule is COc1ccc2c(c1)CCCN2C(=O)COC(=O)/C=C/c1cc2cccc(OC)c2o1. The molecule has 31 heavy (non-hydrogen) atoms. The van der Waals surface area contributed by atoms with Crippen molar-refractivity contribution in [1.82, 2.24) is 0 Å². The number of aryl methyl sites for hydroxylation is 1. The van der Waals surface area contributed by atoms with Crippen molar-refractivity contribution >= 4 is 34.6 Å². The number of esters is 1. The Hall–Kier alpha value is -3.74. The minimum atomic E-state index is -0.618. The molecule has 7 heteroatoms. The second-order valence-corrected chi connectivity index (χ2v) is 7.11. The summed E-state index contributed by atoms with van der Waals surface area (Å²) in [7, 11) is 3.18. The molecule has 3 aromatic rings. The number of ether oxygens (including phenoxy) is 3. The first-order valence-corrected chi connectivity index (χ1v) is 9.97. The molecule has 0 saturated heterocycles. The Bertz CT molecular complexity index is 1150. The average molecular weight is 421 g/mol. The van der Waals surface area contributed by atoms with Crippen LogP contribution in [0.5, 0.6) is 11.5 Å². The van der Waals surface area contributed by atoms with Crippen LogP contribution in [-0.2, 0) is 20.7 Å². The standard InChI is InChI=1S/C24H23NO6/c1-28-18-8-10-20-16(13-18)6-4-12-25(20)22(26)15-30-23(27)11-9-19-14-17-5-3-7-21(29-2)24(17)31-19/h3,5,7-11,13-14H,4,6,12,15H2,1-2H3/b11-9+. The molecule has 0 aliphatic carbocycles. The van der Waals surface area contributed by atoms with Gasteiger partial charge in [0.2, 0.25) is 0 Å². The van der Waals surface area contributed by atoms with Gasteiger partial charge in [-0.05, 0) is 54.8 Å². The van der Waals surface area contributed by atoms with Crippen LogP contribution in [0.1, 0.15) is 17.7 Å². The molecule has 0 radical (unpaired) electrons. The molecule has 0 atom stereocenters. The second-order valence-electron chi connectivity index (χ2n) is 7.11. The fraction of sp³-hybridized carbons (Fsp3) is 0.250. The molecule has 0 N–H and O–H groups in total. The Kier molecular flexibility index (Phi) is 5.93. The summed E-state index contributed by atoms with van der Waals surface area (Å²) in [5, 5.41) is 0.864. The van der Waals surface area contributed by atoms with E-state index >= 15 is 0 Å². The van der Waals surface area contributed by atoms with Gasteiger partial charge >= 0.3 is 5.97 Å². The first-order chi connectivity index (χ1) is 15.1. The summed E-state index contributed by atoms with van der Waals surface area (Å²) in [6.45, 7) is 0.259. The predicted octanol–water partition coefficient (Wildman–Crippen LogP) is 3.99. The lowest BCUT2D eigenvalue weighted by molar-refractivity contribution is -0.142. The highest BCUT2D eigenvalue weighted by molar-refractivity contribution is 5.97. The normalized spacial score (nSPS) is 13.3. The molecule has 0 fully saturated rings. The number of nitrogens with zero attached hydrogens (tertiary/aromatic N) is 1. The summed E-state index contributed by atoms with van der Waals surface area (Å²) < 4.78 is 21.4. The van der Waals surface area contributed by atoms with E-state index in [0.717, 1.165) is 35.2 Å². The molecule has 1 amide bonds. The molecule has 4 rings (SSSR count). The highest BCUT2D eigenvalue weighted by Crippen LogP contribution is 2.31. The molecule has 0 unspecified atom stereocenters. The fourth-order valence-corrected chi connectivity index (χ4v) is 3.67. The Morgan fingerprint density at radius 2 is 2.00 bits per heavy atom. The number of anilines is 1. The minimum absolute atomic E-state index is 0.263. The van der Waals surface area contributed by atoms with E-state index in [4.69, 9.17) is 18.6 Å². The van der Waals surface area contributed by atoms with Crippen molar-refractivity contribution in [2.24, 2.45) is 0 Å². The number of methoxy groups -OCH3 is 2. The molecule has 7 nitrogen and oxygen atoms in total. The third kappa shape index (κ3) is 4.40. The van der Waals surface area contributed by atoms with Crippen LogP contribution in [0, 0.1) is 0 Å². The molecular formula is C24H23NO6. The van der Waals surface area contributed by atoms with Crippen LogP contribution in [0.15, 0.2) is 53.0 Å². The topological polar surface area (TPSA) is 78.2 Å². The number of carbonyl (C=O) groups is 2. The van der Waals surface area contributed by atoms with E-state index < -0.39 is 5.97 Å². The monoisotopic (exact) mass is 421 g/mol. The molecule has 160 valence electrons. The summed E-state index contributed by atoms with van der Waals surface area (Å²) in [4.78, 5) is 26.4. The summed E-state index contributed by atoms with van der Waals surface area (Å²) in [6, 6.07) is 13.0. The zero-order valence-corrected chi connectivity index (χ0v) is 17.4. The van der Waals surface area contributed by atoms with Crippen LogP contribution in [-0.4, -0.2) is 39.2 Å². The molecule has 2 heterocycles. The summed E-state index contributed by atoms with van der Waals surface area (Å²) >= 11 is 0. The van der Waals surface area contributed by atoms with Gasteiger partial charge < -0.3 is 23.5 Å². The van der Waals surface area contributed by atoms with Crippen LogP contribution in [0.3, 0.4) is 0 Å². The minimum Gasteiger partial charge on any atom is -0.497 e. The number of fused-ring (bicyclic) bond motifs is 2. The van der Waals surface area contributed by atoms with Crippen molar-refractivity contribution in [1.29, 1.82) is 0 Å². The lowest BCUT2D eigenvalue weighted by atomic mass is 10.0. The van der Waals surface area contributed by atoms with Crippen molar-refractivity contribution in [3.63, 3.8) is 0 Å². The summed E-state index contributed by atoms with van der Waals surface area (Å²) in [5.74, 6) is 0.980. The lowest BCUT2D eigenvalue weighted by Gasteiger charge is -2.29. The van der Waals surface area contributed by atoms with E-state index in [2.05, 4.69) is 0 Å². The maximum Gasteiger partial charge on any atom is 0.331 e. The highest BCUT2D eigenvalue weighted by atomic mass is 16.5. The van der Waals surface area contributed by atoms with E-state index in [-0.39, 0.29) is 12.5 Å². The third-order valence-corrected chi connectivity index (χ3v) is 5.17. The zero-order valence-electron chi connectivity index (χ0n) is 17.4. The Morgan fingerprint density at radius 1 is 1.13 bits per heavy atom. The Labute approximate surface area is 179 Å². The van der Waals surface area contributed by atoms with Gasteiger partial charge in [0.05, 0.1) is 14.2 Å². The molecule has 1 aromatic heterocycles. The summed E-state index contributed by atoms with van der Waals surface area (Å²) in [5.41, 5.74) is 2.49. The largest absolute Gasteiger partial charge is 0.497 e. The van der Waals surface area contributed by atoms with Gasteiger partial charge in [0.25, 0.3) is 5.91 Å². The molecular weight excluding hydrogens is 398 g/mol. The molecule has 1 aliphatic heterocycles. The van der Waals surface area contributed by atoms with Gasteiger partial charge in [-0.15, -0.1) is 0 Å². The molecule has 0 saturated carbocycles. The van der Waals surface area contributed by atoms with E-state index in [1.165, 1.54) is 12.2 Å². The van der Waals surface area contributed by atoms with E-state index in [0.29, 0.717) is 23.6 Å². The highest BCUT2D eigenvalue weighted by Gasteiger charge is 2.23. The fourth-order valence-electron chi connectivity index (χ4n) is 3.67. The number of hydrogen-bond donors (Lipinski definition) is 0. The Morgan fingerprint density at radius 3 is 2.81 bits per heavy atom. The van der Waals surface area contributed by atoms with E-state index in [9.17, 15) is 9.59 Å². The van der Waals surface area contributed by atoms with Crippen LogP contribution in [0.25, 0.3) is 17.0 Å². The van der Waals surface area contributed by atoms with E-state index in [1.54, 1.807) is 31.3 Å². The maximum absolute atomic E-state index is 12.6. The van der Waals surface area contributed by atoms with Crippen LogP contribution >= 0.6 is 0 Å². The quantitative estimate of drug-likeness (QED) is 0.442. The summed E-state index contributed by atoms with van der Waals surface area (Å²) in [6.07, 6.45) is 4.47. The van der Waals surface area contributed by atoms with Gasteiger partial charge in [-0.3, -0.25) is 4.79 Å². The van der Waals surface area contributed by atoms with Gasteiger partial charge in [-0.2, -0.15) is 0 Å². The number of carbonyl (C=O) groups excluding carboxylic acids is 2. The van der Waals surface area contributed by atoms with Crippen molar-refractivity contribution < 1.29 is 28.2 Å². The van der Waals surface area contributed by atoms with E-state index in [1.807, 2.05) is 30.3 Å². The smallest absolute Gasteiger partial charge is 0.331 e. The van der Waals surface area contributed by atoms with Gasteiger partial charge in [0, 0.05) is 23.7 Å². The average Bonchev–Trinajstić information content (AvgIpc) is 3.23. The maximum atomic E-state index is 12.6. The molecule has 2 aromatic carbocycles. The lowest BCUT2D eigenvalue weighted by Crippen LogP contribution is -2.38. The van der Waals surface area contributed by atoms with Gasteiger partial charge in [-0.1, -0.05) is 12.1 Å². The third-order valence-electron chi connectivity index (χ3n) is 5.17. The van der Waals surface area contributed by atoms with Crippen molar-refractivity contribution in [2.75, 3.05) is 32.3 Å². The van der Waals surface area contributed by atoms with Crippen LogP contribution < -0.4 is 14.4 Å². The van der Waals surface area contributed by atoms with Crippen LogP contribution in [0.4, 0.5) is 5.69 Å². The van der Waals surface area contributed by atoms with Gasteiger partial charge in [0.1, 0.15) is 11.5 Å². The predicted molar refractivity (Wildman–Crippen MR) is 116 cm³/mol. The molecule has 1 aliphatic rings. The van der Waals surface area contributed by atoms with Gasteiger partial charge in [0.15, 0.2) is 17.9 Å². The second kappa shape index (κ2) is 8.95. The Balaban J connectivity index is 1.38. The number of rotatable bonds is 6. The zero-order chi connectivity index (χ0) is 21.8. The van der Waals surface area contributed by atoms with Crippen molar-refractivity contribution in [2.45, 2.75) is 12.8 Å². The molecule has 0 bridgehead atoms. The first kappa shape index (κ1) is 20.5. The van der Waals surface area contributed by atoms with Crippen molar-refractivity contribution in [3.05, 3.63) is 59.9 Å². The van der Waals surface area contributed by atoms with Crippen LogP contribution in [0.2, 0.25) is 0 Å². The van der Waals surface area contributed by atoms with Crippen molar-refractivity contribution in [3.8, 4) is 11.5 Å². The number of amides is 1. The van der Waals surface area contributed by atoms with Gasteiger partial charge in [-0.25, -0.2) is 4.79 Å². The number of furan rings is 1.